The van der Waals surface area contributed by atoms with Crippen LogP contribution in [0.1, 0.15) is 206 Å². The Kier molecular flexibility index (Phi) is 27.9. The summed E-state index contributed by atoms with van der Waals surface area (Å²) in [6, 6.07) is 0. The molecule has 1 aliphatic heterocycles. The van der Waals surface area contributed by atoms with Gasteiger partial charge in [0.15, 0.2) is 5.78 Å². The van der Waals surface area contributed by atoms with Crippen molar-refractivity contribution in [2.45, 2.75) is 212 Å². The molecule has 0 aliphatic carbocycles. The van der Waals surface area contributed by atoms with Crippen molar-refractivity contribution in [2.75, 3.05) is 19.8 Å². The molecular weight excluding hydrogens is 508 g/mol. The van der Waals surface area contributed by atoms with E-state index in [1.165, 1.54) is 173 Å². The zero-order chi connectivity index (χ0) is 29.5. The molecule has 1 fully saturated rings. The van der Waals surface area contributed by atoms with E-state index in [1.807, 2.05) is 0 Å². The lowest BCUT2D eigenvalue weighted by Crippen LogP contribution is -2.47. The number of hydrogen-bond acceptors (Lipinski definition) is 4. The standard InChI is InChI=1S/C37H72O4/c1-3-5-7-9-11-13-15-17-19-20-22-24-26-28-30-32-37(40-34-36(38)35-41-37)39-33-31-29-27-25-23-21-18-16-14-12-10-8-6-4-2/h3-35H2,1-2H3. The number of hydrogen-bond donors (Lipinski definition) is 0. The van der Waals surface area contributed by atoms with Gasteiger partial charge in [0.2, 0.25) is 0 Å². The van der Waals surface area contributed by atoms with Crippen molar-refractivity contribution in [3.63, 3.8) is 0 Å². The normalized spacial score (nSPS) is 15.1. The second-order valence-corrected chi connectivity index (χ2v) is 12.9. The van der Waals surface area contributed by atoms with E-state index in [2.05, 4.69) is 13.8 Å². The van der Waals surface area contributed by atoms with Gasteiger partial charge in [0.05, 0.1) is 6.61 Å². The third-order valence-corrected chi connectivity index (χ3v) is 8.81. The van der Waals surface area contributed by atoms with Crippen molar-refractivity contribution in [1.82, 2.24) is 0 Å². The topological polar surface area (TPSA) is 44.8 Å². The Morgan fingerprint density at radius 1 is 0.463 bits per heavy atom. The molecule has 0 unspecified atom stereocenters. The number of ketones is 1. The maximum absolute atomic E-state index is 11.7. The van der Waals surface area contributed by atoms with Gasteiger partial charge in [0, 0.05) is 6.42 Å². The van der Waals surface area contributed by atoms with Crippen LogP contribution in [-0.2, 0) is 19.0 Å². The Bertz CT molecular complexity index is 503. The van der Waals surface area contributed by atoms with E-state index in [0.717, 1.165) is 19.3 Å². The molecule has 4 heteroatoms. The second-order valence-electron chi connectivity index (χ2n) is 12.9. The fraction of sp³-hybridized carbons (Fsp3) is 0.973. The predicted molar refractivity (Wildman–Crippen MR) is 175 cm³/mol. The molecule has 0 saturated carbocycles. The minimum Gasteiger partial charge on any atom is -0.327 e. The average Bonchev–Trinajstić information content (AvgIpc) is 2.98. The first-order chi connectivity index (χ1) is 20.2. The first kappa shape index (κ1) is 38.6. The van der Waals surface area contributed by atoms with Crippen LogP contribution in [0, 0.1) is 0 Å². The van der Waals surface area contributed by atoms with E-state index in [0.29, 0.717) is 6.61 Å². The monoisotopic (exact) mass is 581 g/mol. The highest BCUT2D eigenvalue weighted by molar-refractivity contribution is 5.81. The molecule has 1 aliphatic rings. The van der Waals surface area contributed by atoms with Gasteiger partial charge < -0.3 is 14.2 Å². The molecule has 41 heavy (non-hydrogen) atoms. The lowest BCUT2D eigenvalue weighted by molar-refractivity contribution is -0.389. The average molecular weight is 581 g/mol. The van der Waals surface area contributed by atoms with Crippen molar-refractivity contribution in [3.8, 4) is 0 Å². The molecule has 4 nitrogen and oxygen atoms in total. The highest BCUT2D eigenvalue weighted by atomic mass is 16.9. The zero-order valence-electron chi connectivity index (χ0n) is 28.0. The largest absolute Gasteiger partial charge is 0.327 e. The fourth-order valence-electron chi connectivity index (χ4n) is 6.00. The van der Waals surface area contributed by atoms with Crippen molar-refractivity contribution >= 4 is 5.78 Å². The maximum Gasteiger partial charge on any atom is 0.283 e. The van der Waals surface area contributed by atoms with Gasteiger partial charge in [-0.15, -0.1) is 0 Å². The zero-order valence-corrected chi connectivity index (χ0v) is 28.0. The summed E-state index contributed by atoms with van der Waals surface area (Å²) in [5.41, 5.74) is 0. The van der Waals surface area contributed by atoms with Crippen molar-refractivity contribution in [3.05, 3.63) is 0 Å². The molecule has 0 spiro atoms. The molecule has 0 N–H and O–H groups in total. The van der Waals surface area contributed by atoms with Gasteiger partial charge in [0.25, 0.3) is 5.97 Å². The van der Waals surface area contributed by atoms with Crippen LogP contribution in [0.4, 0.5) is 0 Å². The highest BCUT2D eigenvalue weighted by Crippen LogP contribution is 2.27. The number of carbonyl (C=O) groups is 1. The molecule has 1 saturated heterocycles. The van der Waals surface area contributed by atoms with Crippen LogP contribution in [0.5, 0.6) is 0 Å². The van der Waals surface area contributed by atoms with Crippen molar-refractivity contribution in [2.24, 2.45) is 0 Å². The maximum atomic E-state index is 11.7. The van der Waals surface area contributed by atoms with Gasteiger partial charge >= 0.3 is 0 Å². The van der Waals surface area contributed by atoms with E-state index in [9.17, 15) is 4.79 Å². The summed E-state index contributed by atoms with van der Waals surface area (Å²) in [5, 5.41) is 0. The summed E-state index contributed by atoms with van der Waals surface area (Å²) in [4.78, 5) is 11.7. The Morgan fingerprint density at radius 2 is 0.756 bits per heavy atom. The Morgan fingerprint density at radius 3 is 1.10 bits per heavy atom. The smallest absolute Gasteiger partial charge is 0.283 e. The third kappa shape index (κ3) is 24.7. The molecule has 0 aromatic heterocycles. The predicted octanol–water partition coefficient (Wildman–Crippen LogP) is 12.0. The first-order valence-electron chi connectivity index (χ1n) is 18.7. The second kappa shape index (κ2) is 29.6. The van der Waals surface area contributed by atoms with Gasteiger partial charge in [-0.2, -0.15) is 0 Å². The summed E-state index contributed by atoms with van der Waals surface area (Å²) in [6.07, 6.45) is 39.9. The number of unbranched alkanes of at least 4 members (excludes halogenated alkanes) is 27. The van der Waals surface area contributed by atoms with Crippen LogP contribution in [0.2, 0.25) is 0 Å². The van der Waals surface area contributed by atoms with Crippen LogP contribution in [0.3, 0.4) is 0 Å². The molecular formula is C37H72O4. The molecule has 0 radical (unpaired) electrons. The van der Waals surface area contributed by atoms with Gasteiger partial charge in [-0.3, -0.25) is 4.79 Å². The van der Waals surface area contributed by atoms with Crippen LogP contribution < -0.4 is 0 Å². The van der Waals surface area contributed by atoms with E-state index in [-0.39, 0.29) is 19.0 Å². The molecule has 0 atom stereocenters. The molecule has 1 rings (SSSR count). The fourth-order valence-corrected chi connectivity index (χ4v) is 6.00. The van der Waals surface area contributed by atoms with Crippen LogP contribution in [0.25, 0.3) is 0 Å². The molecule has 0 bridgehead atoms. The molecule has 244 valence electrons. The molecule has 1 heterocycles. The van der Waals surface area contributed by atoms with Crippen LogP contribution in [-0.4, -0.2) is 31.6 Å². The summed E-state index contributed by atoms with van der Waals surface area (Å²) < 4.78 is 17.8. The van der Waals surface area contributed by atoms with E-state index < -0.39 is 5.97 Å². The van der Waals surface area contributed by atoms with E-state index in [1.54, 1.807) is 0 Å². The van der Waals surface area contributed by atoms with Gasteiger partial charge in [-0.1, -0.05) is 187 Å². The van der Waals surface area contributed by atoms with Gasteiger partial charge in [-0.05, 0) is 12.8 Å². The van der Waals surface area contributed by atoms with Crippen LogP contribution >= 0.6 is 0 Å². The summed E-state index contributed by atoms with van der Waals surface area (Å²) in [7, 11) is 0. The number of rotatable bonds is 32. The quantitative estimate of drug-likeness (QED) is 0.0742. The van der Waals surface area contributed by atoms with E-state index in [4.69, 9.17) is 14.2 Å². The number of carbonyl (C=O) groups excluding carboxylic acids is 1. The van der Waals surface area contributed by atoms with Gasteiger partial charge in [0.1, 0.15) is 13.2 Å². The minimum atomic E-state index is -0.985. The molecule has 0 aromatic rings. The Hall–Kier alpha value is -0.450. The number of Topliss-reactive ketones (excluding diaryl/α,β-unsaturated/α-hetero) is 1. The summed E-state index contributed by atoms with van der Waals surface area (Å²) >= 11 is 0. The molecule has 0 amide bonds. The van der Waals surface area contributed by atoms with Gasteiger partial charge in [-0.25, -0.2) is 0 Å². The minimum absolute atomic E-state index is 0.0113. The SMILES string of the molecule is CCCCCCCCCCCCCCCCCC1(OCCCCCCCCCCCCCCCC)OCC(=O)CO1. The molecule has 0 aromatic carbocycles. The highest BCUT2D eigenvalue weighted by Gasteiger charge is 2.38. The van der Waals surface area contributed by atoms with Crippen molar-refractivity contribution < 1.29 is 19.0 Å². The summed E-state index contributed by atoms with van der Waals surface area (Å²) in [5.74, 6) is -0.974. The van der Waals surface area contributed by atoms with Crippen LogP contribution in [0.15, 0.2) is 0 Å². The Balaban J connectivity index is 1.97. The summed E-state index contributed by atoms with van der Waals surface area (Å²) in [6.45, 7) is 5.48. The first-order valence-corrected chi connectivity index (χ1v) is 18.7. The lowest BCUT2D eigenvalue weighted by atomic mass is 10.0. The van der Waals surface area contributed by atoms with Crippen molar-refractivity contribution in [1.29, 1.82) is 0 Å². The number of ether oxygens (including phenoxy) is 3. The lowest BCUT2D eigenvalue weighted by Gasteiger charge is -2.36. The van der Waals surface area contributed by atoms with E-state index >= 15 is 0 Å². The third-order valence-electron chi connectivity index (χ3n) is 8.81. The Labute approximate surface area is 256 Å².